The minimum atomic E-state index is -0.287. The standard InChI is InChI=1S/C16H26FN3O/c1-19-7-8-20(2)14(11-19)10-13(18)9-12-5-4-6-15(21-3)16(12)17/h4-6,13-14H,7-11,18H2,1-3H3. The molecule has 0 saturated carbocycles. The number of hydrogen-bond acceptors (Lipinski definition) is 4. The molecule has 4 nitrogen and oxygen atoms in total. The molecule has 0 amide bonds. The van der Waals surface area contributed by atoms with E-state index in [-0.39, 0.29) is 17.6 Å². The van der Waals surface area contributed by atoms with Gasteiger partial charge in [0, 0.05) is 31.7 Å². The van der Waals surface area contributed by atoms with Gasteiger partial charge in [0.1, 0.15) is 0 Å². The molecule has 1 aromatic carbocycles. The topological polar surface area (TPSA) is 41.7 Å². The van der Waals surface area contributed by atoms with Crippen molar-refractivity contribution in [1.29, 1.82) is 0 Å². The van der Waals surface area contributed by atoms with Gasteiger partial charge in [0.2, 0.25) is 0 Å². The van der Waals surface area contributed by atoms with E-state index in [1.54, 1.807) is 12.1 Å². The van der Waals surface area contributed by atoms with Gasteiger partial charge in [-0.15, -0.1) is 0 Å². The molecule has 1 aliphatic heterocycles. The van der Waals surface area contributed by atoms with Crippen LogP contribution >= 0.6 is 0 Å². The largest absolute Gasteiger partial charge is 0.494 e. The molecule has 0 bridgehead atoms. The highest BCUT2D eigenvalue weighted by Crippen LogP contribution is 2.22. The van der Waals surface area contributed by atoms with Gasteiger partial charge in [0.25, 0.3) is 0 Å². The summed E-state index contributed by atoms with van der Waals surface area (Å²) < 4.78 is 19.2. The van der Waals surface area contributed by atoms with Gasteiger partial charge >= 0.3 is 0 Å². The molecule has 0 spiro atoms. The number of piperazine rings is 1. The zero-order chi connectivity index (χ0) is 15.4. The maximum atomic E-state index is 14.2. The minimum Gasteiger partial charge on any atom is -0.494 e. The van der Waals surface area contributed by atoms with Crippen LogP contribution in [0.4, 0.5) is 4.39 Å². The summed E-state index contributed by atoms with van der Waals surface area (Å²) in [5.74, 6) is -0.00113. The Labute approximate surface area is 126 Å². The molecule has 0 aliphatic carbocycles. The van der Waals surface area contributed by atoms with Crippen LogP contribution in [0.25, 0.3) is 0 Å². The number of nitrogens with two attached hydrogens (primary N) is 1. The van der Waals surface area contributed by atoms with Crippen LogP contribution in [0, 0.1) is 5.82 Å². The summed E-state index contributed by atoms with van der Waals surface area (Å²) in [6.07, 6.45) is 1.41. The normalized spacial score (nSPS) is 22.2. The van der Waals surface area contributed by atoms with Crippen molar-refractivity contribution in [1.82, 2.24) is 9.80 Å². The predicted molar refractivity (Wildman–Crippen MR) is 83.2 cm³/mol. The van der Waals surface area contributed by atoms with Crippen molar-refractivity contribution in [3.63, 3.8) is 0 Å². The first-order chi connectivity index (χ1) is 10.0. The molecule has 118 valence electrons. The van der Waals surface area contributed by atoms with Gasteiger partial charge in [0.05, 0.1) is 7.11 Å². The summed E-state index contributed by atoms with van der Waals surface area (Å²) >= 11 is 0. The molecule has 2 N–H and O–H groups in total. The molecule has 1 heterocycles. The number of methoxy groups -OCH3 is 1. The highest BCUT2D eigenvalue weighted by Gasteiger charge is 2.24. The van der Waals surface area contributed by atoms with E-state index in [0.717, 1.165) is 26.1 Å². The van der Waals surface area contributed by atoms with Gasteiger partial charge in [-0.2, -0.15) is 0 Å². The van der Waals surface area contributed by atoms with Crippen LogP contribution in [0.3, 0.4) is 0 Å². The van der Waals surface area contributed by atoms with Crippen LogP contribution in [0.5, 0.6) is 5.75 Å². The average molecular weight is 295 g/mol. The van der Waals surface area contributed by atoms with Gasteiger partial charge in [-0.3, -0.25) is 0 Å². The monoisotopic (exact) mass is 295 g/mol. The van der Waals surface area contributed by atoms with E-state index in [1.807, 2.05) is 6.07 Å². The lowest BCUT2D eigenvalue weighted by Crippen LogP contribution is -2.51. The molecule has 0 radical (unpaired) electrons. The molecule has 2 atom stereocenters. The number of hydrogen-bond donors (Lipinski definition) is 1. The first-order valence-electron chi connectivity index (χ1n) is 7.47. The zero-order valence-electron chi connectivity index (χ0n) is 13.2. The van der Waals surface area contributed by atoms with E-state index in [2.05, 4.69) is 23.9 Å². The van der Waals surface area contributed by atoms with Crippen molar-refractivity contribution < 1.29 is 9.13 Å². The van der Waals surface area contributed by atoms with Crippen molar-refractivity contribution in [2.24, 2.45) is 5.73 Å². The number of ether oxygens (including phenoxy) is 1. The van der Waals surface area contributed by atoms with Gasteiger partial charge in [-0.25, -0.2) is 4.39 Å². The molecule has 2 unspecified atom stereocenters. The number of nitrogens with zero attached hydrogens (tertiary/aromatic N) is 2. The quantitative estimate of drug-likeness (QED) is 0.890. The Morgan fingerprint density at radius 2 is 2.14 bits per heavy atom. The summed E-state index contributed by atoms with van der Waals surface area (Å²) in [5.41, 5.74) is 6.89. The van der Waals surface area contributed by atoms with E-state index in [0.29, 0.717) is 18.0 Å². The Bertz CT molecular complexity index is 469. The van der Waals surface area contributed by atoms with E-state index >= 15 is 0 Å². The van der Waals surface area contributed by atoms with Crippen molar-refractivity contribution in [3.05, 3.63) is 29.6 Å². The SMILES string of the molecule is COc1cccc(CC(N)CC2CN(C)CCN2C)c1F. The second kappa shape index (κ2) is 7.20. The third-order valence-electron chi connectivity index (χ3n) is 4.30. The fraction of sp³-hybridized carbons (Fsp3) is 0.625. The Morgan fingerprint density at radius 3 is 2.86 bits per heavy atom. The van der Waals surface area contributed by atoms with Crippen LogP contribution in [0.2, 0.25) is 0 Å². The number of rotatable bonds is 5. The Balaban J connectivity index is 1.96. The molecular formula is C16H26FN3O. The lowest BCUT2D eigenvalue weighted by molar-refractivity contribution is 0.104. The maximum absolute atomic E-state index is 14.2. The van der Waals surface area contributed by atoms with Crippen molar-refractivity contribution in [3.8, 4) is 5.75 Å². The predicted octanol–water partition coefficient (Wildman–Crippen LogP) is 1.34. The van der Waals surface area contributed by atoms with Crippen molar-refractivity contribution in [2.75, 3.05) is 40.8 Å². The lowest BCUT2D eigenvalue weighted by Gasteiger charge is -2.38. The molecular weight excluding hydrogens is 269 g/mol. The molecule has 21 heavy (non-hydrogen) atoms. The third-order valence-corrected chi connectivity index (χ3v) is 4.30. The van der Waals surface area contributed by atoms with Crippen LogP contribution in [-0.2, 0) is 6.42 Å². The number of likely N-dealkylation sites (N-methyl/N-ethyl adjacent to an activating group) is 2. The Morgan fingerprint density at radius 1 is 1.38 bits per heavy atom. The second-order valence-electron chi connectivity index (χ2n) is 6.03. The smallest absolute Gasteiger partial charge is 0.168 e. The molecule has 1 aliphatic rings. The molecule has 2 rings (SSSR count). The van der Waals surface area contributed by atoms with E-state index in [9.17, 15) is 4.39 Å². The zero-order valence-corrected chi connectivity index (χ0v) is 13.2. The Kier molecular flexibility index (Phi) is 5.56. The molecule has 1 fully saturated rings. The van der Waals surface area contributed by atoms with Gasteiger partial charge in [0.15, 0.2) is 11.6 Å². The second-order valence-corrected chi connectivity index (χ2v) is 6.03. The summed E-state index contributed by atoms with van der Waals surface area (Å²) in [5, 5.41) is 0. The fourth-order valence-corrected chi connectivity index (χ4v) is 2.94. The molecule has 1 aromatic rings. The average Bonchev–Trinajstić information content (AvgIpc) is 2.45. The summed E-state index contributed by atoms with van der Waals surface area (Å²) in [7, 11) is 5.75. The Hall–Kier alpha value is -1.17. The highest BCUT2D eigenvalue weighted by molar-refractivity contribution is 5.31. The molecule has 5 heteroatoms. The number of benzene rings is 1. The minimum absolute atomic E-state index is 0.0504. The maximum Gasteiger partial charge on any atom is 0.168 e. The first kappa shape index (κ1) is 16.2. The van der Waals surface area contributed by atoms with E-state index < -0.39 is 0 Å². The lowest BCUT2D eigenvalue weighted by atomic mass is 9.97. The van der Waals surface area contributed by atoms with Crippen LogP contribution in [0.15, 0.2) is 18.2 Å². The van der Waals surface area contributed by atoms with E-state index in [4.69, 9.17) is 10.5 Å². The summed E-state index contributed by atoms with van der Waals surface area (Å²) in [6, 6.07) is 5.62. The molecule has 0 aromatic heterocycles. The van der Waals surface area contributed by atoms with Crippen LogP contribution < -0.4 is 10.5 Å². The molecule has 1 saturated heterocycles. The van der Waals surface area contributed by atoms with Crippen LogP contribution in [-0.4, -0.2) is 62.7 Å². The number of halogens is 1. The van der Waals surface area contributed by atoms with Crippen molar-refractivity contribution >= 4 is 0 Å². The first-order valence-corrected chi connectivity index (χ1v) is 7.47. The van der Waals surface area contributed by atoms with Crippen LogP contribution in [0.1, 0.15) is 12.0 Å². The van der Waals surface area contributed by atoms with Gasteiger partial charge in [-0.05, 0) is 38.6 Å². The van der Waals surface area contributed by atoms with Gasteiger partial charge < -0.3 is 20.3 Å². The fourth-order valence-electron chi connectivity index (χ4n) is 2.94. The van der Waals surface area contributed by atoms with Crippen molar-refractivity contribution in [2.45, 2.75) is 24.9 Å². The van der Waals surface area contributed by atoms with Gasteiger partial charge in [-0.1, -0.05) is 12.1 Å². The third kappa shape index (κ3) is 4.15. The highest BCUT2D eigenvalue weighted by atomic mass is 19.1. The summed E-state index contributed by atoms with van der Waals surface area (Å²) in [6.45, 7) is 3.17. The summed E-state index contributed by atoms with van der Waals surface area (Å²) in [4.78, 5) is 4.67. The van der Waals surface area contributed by atoms with E-state index in [1.165, 1.54) is 7.11 Å².